The summed E-state index contributed by atoms with van der Waals surface area (Å²) in [7, 11) is 0. The van der Waals surface area contributed by atoms with Crippen LogP contribution in [-0.4, -0.2) is 24.9 Å². The maximum atomic E-state index is 12.4. The van der Waals surface area contributed by atoms with Gasteiger partial charge in [0.25, 0.3) is 0 Å². The van der Waals surface area contributed by atoms with Crippen LogP contribution in [0.5, 0.6) is 0 Å². The molecule has 0 aliphatic carbocycles. The fraction of sp³-hybridized carbons (Fsp3) is 0.444. The fourth-order valence-corrected chi connectivity index (χ4v) is 2.78. The number of carbonyl (C=O) groups excluding carboxylic acids is 2. The molecular weight excluding hydrogens is 276 g/mol. The SMILES string of the molecule is C=CCNC(=O)C1CC(=O)N(c2ccccc2C(C)(C)C)C1. The van der Waals surface area contributed by atoms with Crippen LogP contribution in [-0.2, 0) is 15.0 Å². The fourth-order valence-electron chi connectivity index (χ4n) is 2.78. The lowest BCUT2D eigenvalue weighted by atomic mass is 9.85. The molecule has 118 valence electrons. The van der Waals surface area contributed by atoms with E-state index in [-0.39, 0.29) is 29.6 Å². The van der Waals surface area contributed by atoms with Gasteiger partial charge in [0.05, 0.1) is 5.92 Å². The van der Waals surface area contributed by atoms with E-state index in [1.54, 1.807) is 11.0 Å². The van der Waals surface area contributed by atoms with Crippen molar-refractivity contribution in [2.24, 2.45) is 5.92 Å². The highest BCUT2D eigenvalue weighted by molar-refractivity contribution is 6.01. The zero-order valence-corrected chi connectivity index (χ0v) is 13.6. The Hall–Kier alpha value is -2.10. The summed E-state index contributed by atoms with van der Waals surface area (Å²) in [5, 5.41) is 2.78. The first-order chi connectivity index (χ1) is 10.3. The zero-order valence-electron chi connectivity index (χ0n) is 13.6. The van der Waals surface area contributed by atoms with Crippen molar-refractivity contribution in [3.63, 3.8) is 0 Å². The van der Waals surface area contributed by atoms with Gasteiger partial charge < -0.3 is 10.2 Å². The smallest absolute Gasteiger partial charge is 0.227 e. The van der Waals surface area contributed by atoms with Crippen molar-refractivity contribution in [1.29, 1.82) is 0 Å². The molecular formula is C18H24N2O2. The largest absolute Gasteiger partial charge is 0.352 e. The molecule has 1 N–H and O–H groups in total. The third kappa shape index (κ3) is 3.38. The molecule has 1 aliphatic rings. The van der Waals surface area contributed by atoms with E-state index in [0.717, 1.165) is 11.3 Å². The number of hydrogen-bond donors (Lipinski definition) is 1. The number of anilines is 1. The Morgan fingerprint density at radius 2 is 2.09 bits per heavy atom. The third-order valence-corrected chi connectivity index (χ3v) is 3.92. The Bertz CT molecular complexity index is 587. The first-order valence-electron chi connectivity index (χ1n) is 7.63. The van der Waals surface area contributed by atoms with Crippen molar-refractivity contribution in [1.82, 2.24) is 5.32 Å². The summed E-state index contributed by atoms with van der Waals surface area (Å²) in [5.41, 5.74) is 1.98. The van der Waals surface area contributed by atoms with Crippen LogP contribution in [0.15, 0.2) is 36.9 Å². The monoisotopic (exact) mass is 300 g/mol. The third-order valence-electron chi connectivity index (χ3n) is 3.92. The maximum absolute atomic E-state index is 12.4. The lowest BCUT2D eigenvalue weighted by Crippen LogP contribution is -2.33. The van der Waals surface area contributed by atoms with Gasteiger partial charge in [-0.15, -0.1) is 6.58 Å². The molecule has 1 aromatic carbocycles. The van der Waals surface area contributed by atoms with E-state index in [2.05, 4.69) is 32.7 Å². The standard InChI is InChI=1S/C18H24N2O2/c1-5-10-19-17(22)13-11-16(21)20(12-13)15-9-7-6-8-14(15)18(2,3)4/h5-9,13H,1,10-12H2,2-4H3,(H,19,22). The highest BCUT2D eigenvalue weighted by atomic mass is 16.2. The first-order valence-corrected chi connectivity index (χ1v) is 7.63. The molecule has 0 aromatic heterocycles. The van der Waals surface area contributed by atoms with Crippen molar-refractivity contribution in [2.75, 3.05) is 18.0 Å². The van der Waals surface area contributed by atoms with Gasteiger partial charge in [-0.1, -0.05) is 45.0 Å². The summed E-state index contributed by atoms with van der Waals surface area (Å²) in [4.78, 5) is 26.2. The van der Waals surface area contributed by atoms with Crippen LogP contribution in [0, 0.1) is 5.92 Å². The van der Waals surface area contributed by atoms with Crippen LogP contribution in [0.25, 0.3) is 0 Å². The molecule has 4 heteroatoms. The summed E-state index contributed by atoms with van der Waals surface area (Å²) in [5.74, 6) is -0.361. The molecule has 1 aliphatic heterocycles. The van der Waals surface area contributed by atoms with Gasteiger partial charge in [-0.2, -0.15) is 0 Å². The summed E-state index contributed by atoms with van der Waals surface area (Å²) >= 11 is 0. The molecule has 0 spiro atoms. The van der Waals surface area contributed by atoms with Crippen LogP contribution in [0.4, 0.5) is 5.69 Å². The van der Waals surface area contributed by atoms with Crippen molar-refractivity contribution in [3.8, 4) is 0 Å². The summed E-state index contributed by atoms with van der Waals surface area (Å²) in [6.07, 6.45) is 1.91. The van der Waals surface area contributed by atoms with Crippen LogP contribution in [0.3, 0.4) is 0 Å². The van der Waals surface area contributed by atoms with Crippen LogP contribution in [0.2, 0.25) is 0 Å². The molecule has 0 bridgehead atoms. The number of nitrogens with one attached hydrogen (secondary N) is 1. The average Bonchev–Trinajstić information content (AvgIpc) is 2.86. The molecule has 22 heavy (non-hydrogen) atoms. The number of nitrogens with zero attached hydrogens (tertiary/aromatic N) is 1. The number of para-hydroxylation sites is 1. The normalized spacial score (nSPS) is 18.4. The molecule has 1 fully saturated rings. The average molecular weight is 300 g/mol. The minimum Gasteiger partial charge on any atom is -0.352 e. The molecule has 2 amide bonds. The predicted molar refractivity (Wildman–Crippen MR) is 88.8 cm³/mol. The Morgan fingerprint density at radius 1 is 1.41 bits per heavy atom. The van der Waals surface area contributed by atoms with E-state index >= 15 is 0 Å². The van der Waals surface area contributed by atoms with Gasteiger partial charge in [0, 0.05) is 25.2 Å². The van der Waals surface area contributed by atoms with Gasteiger partial charge in [0.1, 0.15) is 0 Å². The van der Waals surface area contributed by atoms with Gasteiger partial charge in [-0.05, 0) is 17.0 Å². The van der Waals surface area contributed by atoms with Crippen molar-refractivity contribution >= 4 is 17.5 Å². The van der Waals surface area contributed by atoms with Gasteiger partial charge in [-0.3, -0.25) is 9.59 Å². The summed E-state index contributed by atoms with van der Waals surface area (Å²) in [6.45, 7) is 10.8. The maximum Gasteiger partial charge on any atom is 0.227 e. The van der Waals surface area contributed by atoms with Gasteiger partial charge >= 0.3 is 0 Å². The van der Waals surface area contributed by atoms with Gasteiger partial charge in [-0.25, -0.2) is 0 Å². The van der Waals surface area contributed by atoms with Gasteiger partial charge in [0.2, 0.25) is 11.8 Å². The second-order valence-corrected chi connectivity index (χ2v) is 6.71. The molecule has 2 rings (SSSR count). The Balaban J connectivity index is 2.23. The Labute approximate surface area is 132 Å². The molecule has 1 unspecified atom stereocenters. The van der Waals surface area contributed by atoms with Crippen LogP contribution in [0.1, 0.15) is 32.8 Å². The van der Waals surface area contributed by atoms with Crippen LogP contribution < -0.4 is 10.2 Å². The topological polar surface area (TPSA) is 49.4 Å². The lowest BCUT2D eigenvalue weighted by Gasteiger charge is -2.27. The highest BCUT2D eigenvalue weighted by Gasteiger charge is 2.36. The lowest BCUT2D eigenvalue weighted by molar-refractivity contribution is -0.126. The van der Waals surface area contributed by atoms with E-state index in [1.807, 2.05) is 24.3 Å². The number of rotatable bonds is 4. The van der Waals surface area contributed by atoms with Crippen molar-refractivity contribution in [3.05, 3.63) is 42.5 Å². The molecule has 1 aromatic rings. The van der Waals surface area contributed by atoms with E-state index < -0.39 is 0 Å². The quantitative estimate of drug-likeness (QED) is 0.869. The predicted octanol–water partition coefficient (Wildman–Crippen LogP) is 2.64. The summed E-state index contributed by atoms with van der Waals surface area (Å²) < 4.78 is 0. The van der Waals surface area contributed by atoms with E-state index in [1.165, 1.54) is 0 Å². The molecule has 4 nitrogen and oxygen atoms in total. The zero-order chi connectivity index (χ0) is 16.3. The molecule has 1 saturated heterocycles. The Morgan fingerprint density at radius 3 is 2.73 bits per heavy atom. The molecule has 0 saturated carbocycles. The molecule has 1 heterocycles. The van der Waals surface area contributed by atoms with E-state index in [9.17, 15) is 9.59 Å². The van der Waals surface area contributed by atoms with Gasteiger partial charge in [0.15, 0.2) is 0 Å². The van der Waals surface area contributed by atoms with E-state index in [4.69, 9.17) is 0 Å². The highest BCUT2D eigenvalue weighted by Crippen LogP contribution is 2.35. The number of carbonyl (C=O) groups is 2. The first kappa shape index (κ1) is 16.3. The van der Waals surface area contributed by atoms with E-state index in [0.29, 0.717) is 13.1 Å². The number of benzene rings is 1. The minimum absolute atomic E-state index is 0.00968. The minimum atomic E-state index is -0.291. The van der Waals surface area contributed by atoms with Crippen molar-refractivity contribution in [2.45, 2.75) is 32.6 Å². The second kappa shape index (κ2) is 6.34. The summed E-state index contributed by atoms with van der Waals surface area (Å²) in [6, 6.07) is 7.93. The Kier molecular flexibility index (Phi) is 4.69. The molecule has 0 radical (unpaired) electrons. The van der Waals surface area contributed by atoms with Crippen molar-refractivity contribution < 1.29 is 9.59 Å². The number of amides is 2. The second-order valence-electron chi connectivity index (χ2n) is 6.71. The van der Waals surface area contributed by atoms with Crippen LogP contribution >= 0.6 is 0 Å². The number of hydrogen-bond acceptors (Lipinski definition) is 2. The molecule has 1 atom stereocenters.